The van der Waals surface area contributed by atoms with Crippen molar-refractivity contribution in [1.29, 1.82) is 0 Å². The average Bonchev–Trinajstić information content (AvgIpc) is 3.13. The molecule has 134 valence electrons. The fourth-order valence-electron chi connectivity index (χ4n) is 2.65. The highest BCUT2D eigenvalue weighted by molar-refractivity contribution is 6.30. The van der Waals surface area contributed by atoms with Gasteiger partial charge in [0.05, 0.1) is 28.4 Å². The topological polar surface area (TPSA) is 104 Å². The maximum absolute atomic E-state index is 12.6. The van der Waals surface area contributed by atoms with Crippen LogP contribution in [0.3, 0.4) is 0 Å². The molecule has 2 heterocycles. The Bertz CT molecular complexity index is 1210. The lowest BCUT2D eigenvalue weighted by Gasteiger charge is -2.04. The summed E-state index contributed by atoms with van der Waals surface area (Å²) in [6, 6.07) is 11.1. The van der Waals surface area contributed by atoms with E-state index < -0.39 is 10.5 Å². The largest absolute Gasteiger partial charge is 0.439 e. The minimum absolute atomic E-state index is 0.0536. The number of rotatable bonds is 4. The quantitative estimate of drug-likeness (QED) is 0.394. The monoisotopic (exact) mass is 382 g/mol. The second kappa shape index (κ2) is 6.65. The van der Waals surface area contributed by atoms with Gasteiger partial charge in [-0.05, 0) is 30.3 Å². The summed E-state index contributed by atoms with van der Waals surface area (Å²) in [6.45, 7) is 0.0536. The highest BCUT2D eigenvalue weighted by Gasteiger charge is 2.13. The van der Waals surface area contributed by atoms with Gasteiger partial charge >= 0.3 is 0 Å². The SMILES string of the molecule is O=c1c2cc([N+](=O)[O-])ccc2ncn1Cc1ncc(-c2ccc(Cl)cc2)o1. The standard InChI is InChI=1S/C18H11ClN4O4/c19-12-3-1-11(2-4-12)16-8-20-17(27-16)9-22-10-21-15-6-5-13(23(25)26)7-14(15)18(22)24/h1-8,10H,9H2. The van der Waals surface area contributed by atoms with Crippen molar-refractivity contribution in [3.05, 3.63) is 86.4 Å². The lowest BCUT2D eigenvalue weighted by atomic mass is 10.2. The Balaban J connectivity index is 1.67. The minimum atomic E-state index is -0.553. The average molecular weight is 383 g/mol. The maximum atomic E-state index is 12.6. The molecular formula is C18H11ClN4O4. The van der Waals surface area contributed by atoms with E-state index in [1.165, 1.54) is 29.1 Å². The minimum Gasteiger partial charge on any atom is -0.439 e. The summed E-state index contributed by atoms with van der Waals surface area (Å²) < 4.78 is 6.99. The van der Waals surface area contributed by atoms with Gasteiger partial charge in [-0.1, -0.05) is 11.6 Å². The predicted molar refractivity (Wildman–Crippen MR) is 98.7 cm³/mol. The molecule has 0 unspecified atom stereocenters. The summed E-state index contributed by atoms with van der Waals surface area (Å²) in [5.74, 6) is 0.854. The number of nitrogens with zero attached hydrogens (tertiary/aromatic N) is 4. The van der Waals surface area contributed by atoms with Crippen molar-refractivity contribution in [2.45, 2.75) is 6.54 Å². The third-order valence-corrected chi connectivity index (χ3v) is 4.26. The molecule has 0 saturated carbocycles. The molecule has 0 aliphatic heterocycles. The molecule has 0 fully saturated rings. The van der Waals surface area contributed by atoms with Crippen molar-refractivity contribution in [2.24, 2.45) is 0 Å². The normalized spacial score (nSPS) is 11.0. The van der Waals surface area contributed by atoms with E-state index in [0.29, 0.717) is 22.2 Å². The summed E-state index contributed by atoms with van der Waals surface area (Å²) in [5.41, 5.74) is 0.615. The Labute approximate surface area is 156 Å². The van der Waals surface area contributed by atoms with Crippen LogP contribution in [0.25, 0.3) is 22.2 Å². The Morgan fingerprint density at radius 2 is 1.93 bits per heavy atom. The molecule has 0 aliphatic carbocycles. The number of halogens is 1. The lowest BCUT2D eigenvalue weighted by Crippen LogP contribution is -2.21. The van der Waals surface area contributed by atoms with Crippen LogP contribution in [-0.2, 0) is 6.54 Å². The van der Waals surface area contributed by atoms with Crippen LogP contribution < -0.4 is 5.56 Å². The van der Waals surface area contributed by atoms with Crippen LogP contribution in [0.2, 0.25) is 5.02 Å². The summed E-state index contributed by atoms with van der Waals surface area (Å²) >= 11 is 5.87. The molecule has 9 heteroatoms. The summed E-state index contributed by atoms with van der Waals surface area (Å²) in [7, 11) is 0. The van der Waals surface area contributed by atoms with Crippen LogP contribution >= 0.6 is 11.6 Å². The first-order chi connectivity index (χ1) is 13.0. The van der Waals surface area contributed by atoms with Gasteiger partial charge in [-0.3, -0.25) is 19.5 Å². The van der Waals surface area contributed by atoms with E-state index in [9.17, 15) is 14.9 Å². The van der Waals surface area contributed by atoms with Gasteiger partial charge in [-0.25, -0.2) is 9.97 Å². The van der Waals surface area contributed by atoms with Crippen molar-refractivity contribution >= 4 is 28.2 Å². The van der Waals surface area contributed by atoms with E-state index in [1.54, 1.807) is 30.5 Å². The van der Waals surface area contributed by atoms with E-state index in [1.807, 2.05) is 0 Å². The number of nitro benzene ring substituents is 1. The highest BCUT2D eigenvalue weighted by atomic mass is 35.5. The lowest BCUT2D eigenvalue weighted by molar-refractivity contribution is -0.384. The molecule has 2 aromatic carbocycles. The highest BCUT2D eigenvalue weighted by Crippen LogP contribution is 2.22. The smallest absolute Gasteiger partial charge is 0.270 e. The fraction of sp³-hybridized carbons (Fsp3) is 0.0556. The second-order valence-corrected chi connectivity index (χ2v) is 6.20. The van der Waals surface area contributed by atoms with Crippen molar-refractivity contribution in [1.82, 2.24) is 14.5 Å². The van der Waals surface area contributed by atoms with Crippen LogP contribution in [0.5, 0.6) is 0 Å². The van der Waals surface area contributed by atoms with Gasteiger partial charge in [-0.15, -0.1) is 0 Å². The molecule has 8 nitrogen and oxygen atoms in total. The van der Waals surface area contributed by atoms with Gasteiger partial charge in [0.25, 0.3) is 11.2 Å². The molecule has 4 rings (SSSR count). The molecular weight excluding hydrogens is 372 g/mol. The Morgan fingerprint density at radius 3 is 2.67 bits per heavy atom. The van der Waals surface area contributed by atoms with E-state index >= 15 is 0 Å². The van der Waals surface area contributed by atoms with Gasteiger partial charge in [0, 0.05) is 22.7 Å². The van der Waals surface area contributed by atoms with E-state index in [4.69, 9.17) is 16.0 Å². The molecule has 0 spiro atoms. The number of benzene rings is 2. The number of hydrogen-bond donors (Lipinski definition) is 0. The first kappa shape index (κ1) is 16.9. The third-order valence-electron chi connectivity index (χ3n) is 4.01. The molecule has 0 bridgehead atoms. The number of hydrogen-bond acceptors (Lipinski definition) is 6. The van der Waals surface area contributed by atoms with Gasteiger partial charge in [-0.2, -0.15) is 0 Å². The fourth-order valence-corrected chi connectivity index (χ4v) is 2.78. The molecule has 0 atom stereocenters. The summed E-state index contributed by atoms with van der Waals surface area (Å²) in [4.78, 5) is 31.4. The third kappa shape index (κ3) is 3.30. The van der Waals surface area contributed by atoms with E-state index in [2.05, 4.69) is 9.97 Å². The maximum Gasteiger partial charge on any atom is 0.270 e. The van der Waals surface area contributed by atoms with Crippen LogP contribution in [0, 0.1) is 10.1 Å². The van der Waals surface area contributed by atoms with Crippen LogP contribution in [0.4, 0.5) is 5.69 Å². The number of fused-ring (bicyclic) bond motifs is 1. The van der Waals surface area contributed by atoms with Gasteiger partial charge < -0.3 is 4.42 Å². The molecule has 4 aromatic rings. The van der Waals surface area contributed by atoms with Crippen molar-refractivity contribution in [3.8, 4) is 11.3 Å². The molecule has 0 amide bonds. The van der Waals surface area contributed by atoms with Crippen LogP contribution in [-0.4, -0.2) is 19.5 Å². The number of nitro groups is 1. The first-order valence-electron chi connectivity index (χ1n) is 7.85. The second-order valence-electron chi connectivity index (χ2n) is 5.76. The molecule has 2 aromatic heterocycles. The predicted octanol–water partition coefficient (Wildman–Crippen LogP) is 3.66. The molecule has 0 saturated heterocycles. The summed E-state index contributed by atoms with van der Waals surface area (Å²) in [5, 5.41) is 11.7. The zero-order valence-corrected chi connectivity index (χ0v) is 14.5. The Hall–Kier alpha value is -3.52. The van der Waals surface area contributed by atoms with Crippen molar-refractivity contribution < 1.29 is 9.34 Å². The zero-order chi connectivity index (χ0) is 19.0. The van der Waals surface area contributed by atoms with Gasteiger partial charge in [0.1, 0.15) is 6.54 Å². The van der Waals surface area contributed by atoms with Crippen LogP contribution in [0.15, 0.2) is 64.2 Å². The molecule has 0 N–H and O–H groups in total. The van der Waals surface area contributed by atoms with E-state index in [0.717, 1.165) is 5.56 Å². The Morgan fingerprint density at radius 1 is 1.15 bits per heavy atom. The number of aromatic nitrogens is 3. The van der Waals surface area contributed by atoms with Crippen LogP contribution in [0.1, 0.15) is 5.89 Å². The summed E-state index contributed by atoms with van der Waals surface area (Å²) in [6.07, 6.45) is 2.92. The molecule has 0 aliphatic rings. The van der Waals surface area contributed by atoms with Crippen molar-refractivity contribution in [2.75, 3.05) is 0 Å². The molecule has 0 radical (unpaired) electrons. The Kier molecular flexibility index (Phi) is 4.17. The van der Waals surface area contributed by atoms with Crippen molar-refractivity contribution in [3.63, 3.8) is 0 Å². The van der Waals surface area contributed by atoms with Gasteiger partial charge in [0.2, 0.25) is 5.89 Å². The van der Waals surface area contributed by atoms with Gasteiger partial charge in [0.15, 0.2) is 5.76 Å². The zero-order valence-electron chi connectivity index (χ0n) is 13.7. The number of oxazole rings is 1. The molecule has 27 heavy (non-hydrogen) atoms. The number of non-ortho nitro benzene ring substituents is 1. The first-order valence-corrected chi connectivity index (χ1v) is 8.23. The van der Waals surface area contributed by atoms with E-state index in [-0.39, 0.29) is 17.6 Å².